The van der Waals surface area contributed by atoms with Crippen molar-refractivity contribution in [2.45, 2.75) is 17.9 Å². The Morgan fingerprint density at radius 1 is 1.33 bits per heavy atom. The highest BCUT2D eigenvalue weighted by molar-refractivity contribution is 7.98. The molecule has 0 radical (unpaired) electrons. The lowest BCUT2D eigenvalue weighted by molar-refractivity contribution is -0.386. The van der Waals surface area contributed by atoms with E-state index in [1.807, 2.05) is 18.4 Å². The first kappa shape index (κ1) is 17.7. The molecule has 0 saturated carbocycles. The highest BCUT2D eigenvalue weighted by atomic mass is 32.2. The lowest BCUT2D eigenvalue weighted by Crippen LogP contribution is -2.30. The minimum Gasteiger partial charge on any atom is -0.474 e. The van der Waals surface area contributed by atoms with E-state index < -0.39 is 28.4 Å². The van der Waals surface area contributed by atoms with Gasteiger partial charge in [0.05, 0.1) is 10.6 Å². The number of benzene rings is 2. The summed E-state index contributed by atoms with van der Waals surface area (Å²) in [6.07, 6.45) is 0.835. The van der Waals surface area contributed by atoms with Crippen molar-refractivity contribution in [1.29, 1.82) is 0 Å². The Morgan fingerprint density at radius 2 is 2.04 bits per heavy atom. The van der Waals surface area contributed by atoms with Gasteiger partial charge >= 0.3 is 5.69 Å². The Bertz CT molecular complexity index is 769. The molecule has 126 valence electrons. The third-order valence-electron chi connectivity index (χ3n) is 3.16. The topological polar surface area (TPSA) is 81.5 Å². The van der Waals surface area contributed by atoms with Crippen molar-refractivity contribution in [3.63, 3.8) is 0 Å². The van der Waals surface area contributed by atoms with Crippen LogP contribution < -0.4 is 10.1 Å². The third kappa shape index (κ3) is 4.23. The number of nitro benzene ring substituents is 1. The molecule has 1 atom stereocenters. The number of rotatable bonds is 6. The smallest absolute Gasteiger partial charge is 0.311 e. The Hall–Kier alpha value is -2.61. The number of carbonyl (C=O) groups is 1. The predicted molar refractivity (Wildman–Crippen MR) is 90.0 cm³/mol. The SMILES string of the molecule is CSc1ccccc1NC(=O)C(C)Oc1cc(F)ccc1[N+](=O)[O-]. The fourth-order valence-corrected chi connectivity index (χ4v) is 2.51. The van der Waals surface area contributed by atoms with Crippen LogP contribution >= 0.6 is 11.8 Å². The van der Waals surface area contributed by atoms with Crippen molar-refractivity contribution in [1.82, 2.24) is 0 Å². The molecule has 8 heteroatoms. The second-order valence-electron chi connectivity index (χ2n) is 4.82. The number of hydrogen-bond acceptors (Lipinski definition) is 5. The van der Waals surface area contributed by atoms with Crippen molar-refractivity contribution in [3.8, 4) is 5.75 Å². The van der Waals surface area contributed by atoms with E-state index >= 15 is 0 Å². The highest BCUT2D eigenvalue weighted by Crippen LogP contribution is 2.29. The van der Waals surface area contributed by atoms with Gasteiger partial charge in [0.15, 0.2) is 6.10 Å². The van der Waals surface area contributed by atoms with Gasteiger partial charge in [-0.2, -0.15) is 0 Å². The molecule has 1 amide bonds. The van der Waals surface area contributed by atoms with E-state index in [4.69, 9.17) is 4.74 Å². The highest BCUT2D eigenvalue weighted by Gasteiger charge is 2.22. The van der Waals surface area contributed by atoms with Crippen LogP contribution in [-0.2, 0) is 4.79 Å². The van der Waals surface area contributed by atoms with Crippen LogP contribution in [0.5, 0.6) is 5.75 Å². The third-order valence-corrected chi connectivity index (χ3v) is 3.95. The van der Waals surface area contributed by atoms with Gasteiger partial charge in [0, 0.05) is 17.0 Å². The summed E-state index contributed by atoms with van der Waals surface area (Å²) in [7, 11) is 0. The zero-order chi connectivity index (χ0) is 17.7. The molecule has 24 heavy (non-hydrogen) atoms. The quantitative estimate of drug-likeness (QED) is 0.486. The van der Waals surface area contributed by atoms with Gasteiger partial charge in [-0.3, -0.25) is 14.9 Å². The lowest BCUT2D eigenvalue weighted by atomic mass is 10.2. The number of halogens is 1. The first-order valence-corrected chi connectivity index (χ1v) is 8.19. The molecule has 0 heterocycles. The van der Waals surface area contributed by atoms with E-state index in [0.29, 0.717) is 5.69 Å². The van der Waals surface area contributed by atoms with Crippen molar-refractivity contribution in [2.75, 3.05) is 11.6 Å². The summed E-state index contributed by atoms with van der Waals surface area (Å²) in [4.78, 5) is 23.4. The molecule has 1 N–H and O–H groups in total. The molecule has 0 spiro atoms. The van der Waals surface area contributed by atoms with Crippen LogP contribution in [0, 0.1) is 15.9 Å². The summed E-state index contributed by atoms with van der Waals surface area (Å²) < 4.78 is 18.6. The van der Waals surface area contributed by atoms with Gasteiger partial charge in [-0.25, -0.2) is 4.39 Å². The van der Waals surface area contributed by atoms with Crippen molar-refractivity contribution in [2.24, 2.45) is 0 Å². The monoisotopic (exact) mass is 350 g/mol. The van der Waals surface area contributed by atoms with Crippen molar-refractivity contribution in [3.05, 3.63) is 58.4 Å². The second kappa shape index (κ2) is 7.78. The largest absolute Gasteiger partial charge is 0.474 e. The van der Waals surface area contributed by atoms with Crippen LogP contribution in [-0.4, -0.2) is 23.2 Å². The molecule has 2 aromatic carbocycles. The van der Waals surface area contributed by atoms with E-state index in [1.165, 1.54) is 18.7 Å². The fraction of sp³-hybridized carbons (Fsp3) is 0.188. The number of nitrogens with zero attached hydrogens (tertiary/aromatic N) is 1. The van der Waals surface area contributed by atoms with Gasteiger partial charge in [-0.1, -0.05) is 12.1 Å². The summed E-state index contributed by atoms with van der Waals surface area (Å²) in [6, 6.07) is 10.1. The number of carbonyl (C=O) groups excluding carboxylic acids is 1. The van der Waals surface area contributed by atoms with E-state index in [1.54, 1.807) is 12.1 Å². The number of amides is 1. The van der Waals surface area contributed by atoms with Crippen LogP contribution in [0.1, 0.15) is 6.92 Å². The Balaban J connectivity index is 2.15. The number of nitrogens with one attached hydrogen (secondary N) is 1. The molecular formula is C16H15FN2O4S. The number of para-hydroxylation sites is 1. The molecular weight excluding hydrogens is 335 g/mol. The fourth-order valence-electron chi connectivity index (χ4n) is 1.96. The molecule has 1 unspecified atom stereocenters. The normalized spacial score (nSPS) is 11.6. The summed E-state index contributed by atoms with van der Waals surface area (Å²) in [5.41, 5.74) is 0.208. The summed E-state index contributed by atoms with van der Waals surface area (Å²) in [5, 5.41) is 13.7. The maximum Gasteiger partial charge on any atom is 0.311 e. The molecule has 6 nitrogen and oxygen atoms in total. The number of nitro groups is 1. The Kier molecular flexibility index (Phi) is 5.75. The summed E-state index contributed by atoms with van der Waals surface area (Å²) >= 11 is 1.47. The minimum atomic E-state index is -1.04. The van der Waals surface area contributed by atoms with Gasteiger partial charge in [-0.15, -0.1) is 11.8 Å². The van der Waals surface area contributed by atoms with Gasteiger partial charge in [0.1, 0.15) is 5.82 Å². The molecule has 0 aliphatic carbocycles. The molecule has 0 aliphatic rings. The van der Waals surface area contributed by atoms with E-state index in [-0.39, 0.29) is 5.75 Å². The van der Waals surface area contributed by atoms with Crippen LogP contribution in [0.4, 0.5) is 15.8 Å². The predicted octanol–water partition coefficient (Wildman–Crippen LogP) is 3.86. The van der Waals surface area contributed by atoms with Crippen LogP contribution in [0.3, 0.4) is 0 Å². The number of ether oxygens (including phenoxy) is 1. The van der Waals surface area contributed by atoms with E-state index in [9.17, 15) is 19.3 Å². The minimum absolute atomic E-state index is 0.291. The van der Waals surface area contributed by atoms with Crippen LogP contribution in [0.25, 0.3) is 0 Å². The molecule has 0 fully saturated rings. The van der Waals surface area contributed by atoms with E-state index in [2.05, 4.69) is 5.32 Å². The maximum atomic E-state index is 13.3. The molecule has 0 aromatic heterocycles. The Morgan fingerprint density at radius 3 is 2.71 bits per heavy atom. The molecule has 2 rings (SSSR count). The Labute approximate surface area is 142 Å². The summed E-state index contributed by atoms with van der Waals surface area (Å²) in [5.74, 6) is -1.47. The van der Waals surface area contributed by atoms with E-state index in [0.717, 1.165) is 23.1 Å². The average Bonchev–Trinajstić information content (AvgIpc) is 2.55. The van der Waals surface area contributed by atoms with Crippen molar-refractivity contribution < 1.29 is 18.8 Å². The second-order valence-corrected chi connectivity index (χ2v) is 5.67. The molecule has 0 saturated heterocycles. The van der Waals surface area contributed by atoms with Crippen LogP contribution in [0.15, 0.2) is 47.4 Å². The number of thioether (sulfide) groups is 1. The van der Waals surface area contributed by atoms with Crippen LogP contribution in [0.2, 0.25) is 0 Å². The van der Waals surface area contributed by atoms with Gasteiger partial charge in [0.25, 0.3) is 5.91 Å². The molecule has 0 aliphatic heterocycles. The molecule has 0 bridgehead atoms. The molecule has 2 aromatic rings. The lowest BCUT2D eigenvalue weighted by Gasteiger charge is -2.16. The van der Waals surface area contributed by atoms with Gasteiger partial charge in [0.2, 0.25) is 5.75 Å². The maximum absolute atomic E-state index is 13.3. The number of hydrogen-bond donors (Lipinski definition) is 1. The van der Waals surface area contributed by atoms with Crippen molar-refractivity contribution >= 4 is 29.0 Å². The van der Waals surface area contributed by atoms with Gasteiger partial charge < -0.3 is 10.1 Å². The average molecular weight is 350 g/mol. The van der Waals surface area contributed by atoms with Gasteiger partial charge in [-0.05, 0) is 31.4 Å². The standard InChI is InChI=1S/C16H15FN2O4S/c1-10(16(20)18-12-5-3-4-6-15(12)24-2)23-14-9-11(17)7-8-13(14)19(21)22/h3-10H,1-2H3,(H,18,20). The first-order chi connectivity index (χ1) is 11.4. The zero-order valence-corrected chi connectivity index (χ0v) is 13.8. The zero-order valence-electron chi connectivity index (χ0n) is 13.0. The number of anilines is 1. The first-order valence-electron chi connectivity index (χ1n) is 6.97. The summed E-state index contributed by atoms with van der Waals surface area (Å²) in [6.45, 7) is 1.44.